The van der Waals surface area contributed by atoms with E-state index in [1.807, 2.05) is 0 Å². The Morgan fingerprint density at radius 2 is 1.71 bits per heavy atom. The molecule has 0 saturated carbocycles. The van der Waals surface area contributed by atoms with Gasteiger partial charge in [0, 0.05) is 11.6 Å². The van der Waals surface area contributed by atoms with Gasteiger partial charge in [-0.1, -0.05) is 39.8 Å². The quantitative estimate of drug-likeness (QED) is 0.621. The van der Waals surface area contributed by atoms with Crippen LogP contribution >= 0.6 is 0 Å². The SMILES string of the molecule is C=C(CC)CC(NCC)C(CC)(CC)N(C)C. The zero-order valence-electron chi connectivity index (χ0n) is 12.8. The van der Waals surface area contributed by atoms with Crippen LogP contribution in [0.15, 0.2) is 12.2 Å². The summed E-state index contributed by atoms with van der Waals surface area (Å²) in [6.45, 7) is 14.2. The van der Waals surface area contributed by atoms with E-state index in [0.717, 1.165) is 19.4 Å². The average molecular weight is 240 g/mol. The molecule has 0 aliphatic heterocycles. The maximum Gasteiger partial charge on any atom is 0.0354 e. The van der Waals surface area contributed by atoms with E-state index in [-0.39, 0.29) is 5.54 Å². The molecular weight excluding hydrogens is 208 g/mol. The molecule has 0 aromatic heterocycles. The molecule has 1 atom stereocenters. The molecule has 0 fully saturated rings. The lowest BCUT2D eigenvalue weighted by molar-refractivity contribution is 0.0887. The maximum atomic E-state index is 4.18. The molecule has 102 valence electrons. The molecule has 1 unspecified atom stereocenters. The lowest BCUT2D eigenvalue weighted by Gasteiger charge is -2.46. The number of nitrogens with one attached hydrogen (secondary N) is 1. The van der Waals surface area contributed by atoms with Crippen molar-refractivity contribution in [1.82, 2.24) is 10.2 Å². The summed E-state index contributed by atoms with van der Waals surface area (Å²) in [6.07, 6.45) is 4.51. The molecule has 2 nitrogen and oxygen atoms in total. The van der Waals surface area contributed by atoms with E-state index >= 15 is 0 Å². The van der Waals surface area contributed by atoms with E-state index in [4.69, 9.17) is 0 Å². The van der Waals surface area contributed by atoms with Gasteiger partial charge in [0.15, 0.2) is 0 Å². The molecule has 0 aromatic rings. The van der Waals surface area contributed by atoms with Crippen molar-refractivity contribution in [3.8, 4) is 0 Å². The van der Waals surface area contributed by atoms with Gasteiger partial charge in [0.2, 0.25) is 0 Å². The predicted molar refractivity (Wildman–Crippen MR) is 78.5 cm³/mol. The number of hydrogen-bond donors (Lipinski definition) is 1. The number of likely N-dealkylation sites (N-methyl/N-ethyl adjacent to an activating group) is 2. The molecule has 2 heteroatoms. The van der Waals surface area contributed by atoms with E-state index in [0.29, 0.717) is 6.04 Å². The highest BCUT2D eigenvalue weighted by atomic mass is 15.2. The maximum absolute atomic E-state index is 4.18. The number of nitrogens with zero attached hydrogens (tertiary/aromatic N) is 1. The second kappa shape index (κ2) is 7.88. The summed E-state index contributed by atoms with van der Waals surface area (Å²) in [5.41, 5.74) is 1.60. The lowest BCUT2D eigenvalue weighted by atomic mass is 9.80. The second-order valence-electron chi connectivity index (χ2n) is 5.12. The van der Waals surface area contributed by atoms with Crippen LogP contribution in [0.2, 0.25) is 0 Å². The van der Waals surface area contributed by atoms with Gasteiger partial charge in [-0.2, -0.15) is 0 Å². The molecular formula is C15H32N2. The molecule has 0 saturated heterocycles. The van der Waals surface area contributed by atoms with Gasteiger partial charge in [0.1, 0.15) is 0 Å². The highest BCUT2D eigenvalue weighted by molar-refractivity contribution is 5.05. The van der Waals surface area contributed by atoms with Crippen LogP contribution in [0.1, 0.15) is 53.4 Å². The molecule has 0 aliphatic rings. The molecule has 0 spiro atoms. The largest absolute Gasteiger partial charge is 0.312 e. The second-order valence-corrected chi connectivity index (χ2v) is 5.12. The Morgan fingerprint density at radius 3 is 2.00 bits per heavy atom. The summed E-state index contributed by atoms with van der Waals surface area (Å²) in [6, 6.07) is 0.505. The van der Waals surface area contributed by atoms with E-state index < -0.39 is 0 Å². The van der Waals surface area contributed by atoms with E-state index in [1.54, 1.807) is 0 Å². The molecule has 0 heterocycles. The fraction of sp³-hybridized carbons (Fsp3) is 0.867. The van der Waals surface area contributed by atoms with Crippen LogP contribution in [0.4, 0.5) is 0 Å². The zero-order chi connectivity index (χ0) is 13.5. The number of hydrogen-bond acceptors (Lipinski definition) is 2. The van der Waals surface area contributed by atoms with Crippen molar-refractivity contribution in [3.05, 3.63) is 12.2 Å². The van der Waals surface area contributed by atoms with Gasteiger partial charge >= 0.3 is 0 Å². The molecule has 0 aliphatic carbocycles. The summed E-state index contributed by atoms with van der Waals surface area (Å²) in [4.78, 5) is 2.39. The van der Waals surface area contributed by atoms with Crippen LogP contribution in [0.25, 0.3) is 0 Å². The van der Waals surface area contributed by atoms with Crippen LogP contribution in [0.3, 0.4) is 0 Å². The fourth-order valence-electron chi connectivity index (χ4n) is 2.82. The van der Waals surface area contributed by atoms with E-state index in [9.17, 15) is 0 Å². The van der Waals surface area contributed by atoms with Crippen LogP contribution < -0.4 is 5.32 Å². The van der Waals surface area contributed by atoms with Gasteiger partial charge in [0.05, 0.1) is 0 Å². The lowest BCUT2D eigenvalue weighted by Crippen LogP contribution is -2.58. The minimum Gasteiger partial charge on any atom is -0.312 e. The molecule has 1 N–H and O–H groups in total. The Morgan fingerprint density at radius 1 is 1.18 bits per heavy atom. The third-order valence-electron chi connectivity index (χ3n) is 4.21. The predicted octanol–water partition coefficient (Wildman–Crippen LogP) is 3.44. The minimum atomic E-state index is 0.244. The van der Waals surface area contributed by atoms with Crippen LogP contribution in [-0.4, -0.2) is 37.1 Å². The Bertz CT molecular complexity index is 217. The Labute approximate surface area is 108 Å². The van der Waals surface area contributed by atoms with Crippen LogP contribution in [-0.2, 0) is 0 Å². The van der Waals surface area contributed by atoms with Crippen LogP contribution in [0.5, 0.6) is 0 Å². The molecule has 17 heavy (non-hydrogen) atoms. The molecule has 0 aromatic carbocycles. The standard InChI is InChI=1S/C15H32N2/c1-8-13(5)12-14(16-11-4)15(9-2,10-3)17(6)7/h14,16H,5,8-12H2,1-4,6-7H3. The van der Waals surface area contributed by atoms with Crippen molar-refractivity contribution in [2.24, 2.45) is 0 Å². The van der Waals surface area contributed by atoms with Crippen molar-refractivity contribution in [2.45, 2.75) is 65.0 Å². The first kappa shape index (κ1) is 16.7. The summed E-state index contributed by atoms with van der Waals surface area (Å²) < 4.78 is 0. The van der Waals surface area contributed by atoms with Gasteiger partial charge in [-0.25, -0.2) is 0 Å². The first-order chi connectivity index (χ1) is 7.98. The monoisotopic (exact) mass is 240 g/mol. The molecule has 0 amide bonds. The van der Waals surface area contributed by atoms with Gasteiger partial charge in [-0.3, -0.25) is 0 Å². The van der Waals surface area contributed by atoms with Crippen LogP contribution in [0, 0.1) is 0 Å². The highest BCUT2D eigenvalue weighted by Crippen LogP contribution is 2.29. The molecule has 0 radical (unpaired) electrons. The summed E-state index contributed by atoms with van der Waals surface area (Å²) in [5, 5.41) is 3.67. The van der Waals surface area contributed by atoms with E-state index in [2.05, 4.69) is 58.6 Å². The van der Waals surface area contributed by atoms with Crippen molar-refractivity contribution in [1.29, 1.82) is 0 Å². The Kier molecular flexibility index (Phi) is 7.73. The third kappa shape index (κ3) is 4.11. The van der Waals surface area contributed by atoms with Crippen molar-refractivity contribution in [3.63, 3.8) is 0 Å². The normalized spacial score (nSPS) is 14.1. The van der Waals surface area contributed by atoms with Crippen molar-refractivity contribution < 1.29 is 0 Å². The summed E-state index contributed by atoms with van der Waals surface area (Å²) in [7, 11) is 4.40. The van der Waals surface area contributed by atoms with Gasteiger partial charge < -0.3 is 10.2 Å². The van der Waals surface area contributed by atoms with Gasteiger partial charge in [-0.05, 0) is 46.3 Å². The van der Waals surface area contributed by atoms with Gasteiger partial charge in [0.25, 0.3) is 0 Å². The van der Waals surface area contributed by atoms with Crippen molar-refractivity contribution in [2.75, 3.05) is 20.6 Å². The Hall–Kier alpha value is -0.340. The minimum absolute atomic E-state index is 0.244. The number of rotatable bonds is 9. The smallest absolute Gasteiger partial charge is 0.0354 e. The highest BCUT2D eigenvalue weighted by Gasteiger charge is 2.37. The van der Waals surface area contributed by atoms with Gasteiger partial charge in [-0.15, -0.1) is 0 Å². The molecule has 0 bridgehead atoms. The first-order valence-corrected chi connectivity index (χ1v) is 7.05. The fourth-order valence-corrected chi connectivity index (χ4v) is 2.82. The van der Waals surface area contributed by atoms with Crippen molar-refractivity contribution >= 4 is 0 Å². The zero-order valence-corrected chi connectivity index (χ0v) is 12.8. The third-order valence-corrected chi connectivity index (χ3v) is 4.21. The topological polar surface area (TPSA) is 15.3 Å². The first-order valence-electron chi connectivity index (χ1n) is 7.05. The van der Waals surface area contributed by atoms with E-state index in [1.165, 1.54) is 18.4 Å². The Balaban J connectivity index is 5.01. The summed E-state index contributed by atoms with van der Waals surface area (Å²) >= 11 is 0. The molecule has 0 rings (SSSR count). The summed E-state index contributed by atoms with van der Waals surface area (Å²) in [5.74, 6) is 0. The average Bonchev–Trinajstić information content (AvgIpc) is 2.30.